The van der Waals surface area contributed by atoms with Gasteiger partial charge in [0.15, 0.2) is 0 Å². The minimum absolute atomic E-state index is 0.0335. The highest BCUT2D eigenvalue weighted by Crippen LogP contribution is 2.03. The Balaban J connectivity index is 1.70. The number of likely N-dealkylation sites (N-methyl/N-ethyl adjacent to an activating group) is 1. The van der Waals surface area contributed by atoms with E-state index in [2.05, 4.69) is 10.3 Å². The summed E-state index contributed by atoms with van der Waals surface area (Å²) in [6, 6.07) is -0.128. The van der Waals surface area contributed by atoms with Crippen LogP contribution in [0.3, 0.4) is 0 Å². The van der Waals surface area contributed by atoms with Crippen LogP contribution in [0.5, 0.6) is 0 Å². The van der Waals surface area contributed by atoms with Crippen LogP contribution in [0.1, 0.15) is 5.69 Å². The Kier molecular flexibility index (Phi) is 4.91. The monoisotopic (exact) mass is 271 g/mol. The zero-order chi connectivity index (χ0) is 12.8. The number of ether oxygens (including phenoxy) is 2. The number of rotatable bonds is 4. The summed E-state index contributed by atoms with van der Waals surface area (Å²) >= 11 is 1.52. The molecule has 0 spiro atoms. The Bertz CT molecular complexity index is 366. The van der Waals surface area contributed by atoms with Crippen LogP contribution in [0.15, 0.2) is 10.9 Å². The Morgan fingerprint density at radius 3 is 3.22 bits per heavy atom. The second-order valence-electron chi connectivity index (χ2n) is 4.09. The van der Waals surface area contributed by atoms with E-state index < -0.39 is 0 Å². The van der Waals surface area contributed by atoms with Gasteiger partial charge in [-0.25, -0.2) is 9.78 Å². The molecule has 1 aliphatic rings. The highest BCUT2D eigenvalue weighted by Gasteiger charge is 2.19. The molecule has 0 bridgehead atoms. The van der Waals surface area contributed by atoms with Gasteiger partial charge in [-0.2, -0.15) is 0 Å². The zero-order valence-electron chi connectivity index (χ0n) is 10.3. The summed E-state index contributed by atoms with van der Waals surface area (Å²) in [6.45, 7) is 2.76. The largest absolute Gasteiger partial charge is 0.376 e. The van der Waals surface area contributed by atoms with E-state index in [-0.39, 0.29) is 12.1 Å². The van der Waals surface area contributed by atoms with E-state index in [1.807, 2.05) is 5.38 Å². The molecule has 1 unspecified atom stereocenters. The minimum Gasteiger partial charge on any atom is -0.376 e. The fourth-order valence-electron chi connectivity index (χ4n) is 1.66. The maximum Gasteiger partial charge on any atom is 0.317 e. The van der Waals surface area contributed by atoms with Crippen LogP contribution in [0, 0.1) is 0 Å². The van der Waals surface area contributed by atoms with Gasteiger partial charge in [0.1, 0.15) is 0 Å². The van der Waals surface area contributed by atoms with E-state index in [0.29, 0.717) is 32.9 Å². The molecule has 18 heavy (non-hydrogen) atoms. The summed E-state index contributed by atoms with van der Waals surface area (Å²) in [5.41, 5.74) is 2.62. The van der Waals surface area contributed by atoms with E-state index in [9.17, 15) is 4.79 Å². The Morgan fingerprint density at radius 2 is 2.56 bits per heavy atom. The molecule has 1 N–H and O–H groups in total. The molecule has 0 radical (unpaired) electrons. The number of hydrogen-bond donors (Lipinski definition) is 1. The van der Waals surface area contributed by atoms with Crippen molar-refractivity contribution >= 4 is 17.4 Å². The number of nitrogens with one attached hydrogen (secondary N) is 1. The SMILES string of the molecule is CN(CC1COCCO1)C(=O)NCc1cscn1. The number of hydrogen-bond acceptors (Lipinski definition) is 5. The normalized spacial score (nSPS) is 19.5. The number of carbonyl (C=O) groups is 1. The van der Waals surface area contributed by atoms with Crippen LogP contribution in [-0.2, 0) is 16.0 Å². The molecule has 0 saturated carbocycles. The van der Waals surface area contributed by atoms with Gasteiger partial charge in [-0.1, -0.05) is 0 Å². The van der Waals surface area contributed by atoms with Gasteiger partial charge in [0.25, 0.3) is 0 Å². The van der Waals surface area contributed by atoms with Crippen molar-refractivity contribution in [2.24, 2.45) is 0 Å². The Hall–Kier alpha value is -1.18. The molecule has 2 heterocycles. The molecule has 2 rings (SSSR count). The standard InChI is InChI=1S/C11H17N3O3S/c1-14(5-10-6-16-2-3-17-10)11(15)12-4-9-7-18-8-13-9/h7-8,10H,2-6H2,1H3,(H,12,15). The molecule has 2 amide bonds. The molecule has 100 valence electrons. The summed E-state index contributed by atoms with van der Waals surface area (Å²) < 4.78 is 10.8. The number of aromatic nitrogens is 1. The lowest BCUT2D eigenvalue weighted by atomic mass is 10.3. The quantitative estimate of drug-likeness (QED) is 0.875. The van der Waals surface area contributed by atoms with Crippen LogP contribution in [-0.4, -0.2) is 55.4 Å². The predicted molar refractivity (Wildman–Crippen MR) is 67.5 cm³/mol. The molecule has 6 nitrogen and oxygen atoms in total. The van der Waals surface area contributed by atoms with Crippen molar-refractivity contribution in [3.05, 3.63) is 16.6 Å². The van der Waals surface area contributed by atoms with Crippen molar-refractivity contribution in [2.75, 3.05) is 33.4 Å². The van der Waals surface area contributed by atoms with Crippen LogP contribution in [0.2, 0.25) is 0 Å². The number of carbonyl (C=O) groups excluding carboxylic acids is 1. The first-order valence-electron chi connectivity index (χ1n) is 5.81. The molecule has 1 aliphatic heterocycles. The maximum absolute atomic E-state index is 11.8. The summed E-state index contributed by atoms with van der Waals surface area (Å²) in [6.07, 6.45) is -0.0335. The van der Waals surface area contributed by atoms with Crippen molar-refractivity contribution in [1.82, 2.24) is 15.2 Å². The van der Waals surface area contributed by atoms with Gasteiger partial charge in [-0.3, -0.25) is 0 Å². The van der Waals surface area contributed by atoms with E-state index in [0.717, 1.165) is 5.69 Å². The number of thiazole rings is 1. The lowest BCUT2D eigenvalue weighted by molar-refractivity contribution is -0.0928. The molecule has 0 aliphatic carbocycles. The van der Waals surface area contributed by atoms with Gasteiger partial charge in [0.05, 0.1) is 50.2 Å². The minimum atomic E-state index is -0.128. The van der Waals surface area contributed by atoms with Crippen molar-refractivity contribution < 1.29 is 14.3 Å². The van der Waals surface area contributed by atoms with Gasteiger partial charge >= 0.3 is 6.03 Å². The first kappa shape index (κ1) is 13.3. The molecule has 1 fully saturated rings. The van der Waals surface area contributed by atoms with E-state index in [1.165, 1.54) is 11.3 Å². The Morgan fingerprint density at radius 1 is 1.67 bits per heavy atom. The highest BCUT2D eigenvalue weighted by atomic mass is 32.1. The van der Waals surface area contributed by atoms with Gasteiger partial charge in [-0.05, 0) is 0 Å². The number of nitrogens with zero attached hydrogens (tertiary/aromatic N) is 2. The summed E-state index contributed by atoms with van der Waals surface area (Å²) in [4.78, 5) is 17.5. The van der Waals surface area contributed by atoms with Crippen LogP contribution >= 0.6 is 11.3 Å². The summed E-state index contributed by atoms with van der Waals surface area (Å²) in [5.74, 6) is 0. The fourth-order valence-corrected chi connectivity index (χ4v) is 2.21. The van der Waals surface area contributed by atoms with Gasteiger partial charge in [-0.15, -0.1) is 11.3 Å². The molecule has 1 atom stereocenters. The highest BCUT2D eigenvalue weighted by molar-refractivity contribution is 7.07. The first-order valence-corrected chi connectivity index (χ1v) is 6.75. The van der Waals surface area contributed by atoms with Gasteiger partial charge in [0.2, 0.25) is 0 Å². The molecule has 1 aromatic rings. The number of urea groups is 1. The smallest absolute Gasteiger partial charge is 0.317 e. The van der Waals surface area contributed by atoms with Crippen LogP contribution < -0.4 is 5.32 Å². The van der Waals surface area contributed by atoms with Crippen LogP contribution in [0.4, 0.5) is 4.79 Å². The van der Waals surface area contributed by atoms with Crippen LogP contribution in [0.25, 0.3) is 0 Å². The third-order valence-electron chi connectivity index (χ3n) is 2.61. The molecule has 1 saturated heterocycles. The van der Waals surface area contributed by atoms with Gasteiger partial charge in [0, 0.05) is 12.4 Å². The summed E-state index contributed by atoms with van der Waals surface area (Å²) in [7, 11) is 1.74. The van der Waals surface area contributed by atoms with E-state index in [4.69, 9.17) is 9.47 Å². The Labute approximate surface area is 110 Å². The van der Waals surface area contributed by atoms with Crippen molar-refractivity contribution in [1.29, 1.82) is 0 Å². The lowest BCUT2D eigenvalue weighted by Gasteiger charge is -2.27. The molecule has 0 aromatic carbocycles. The van der Waals surface area contributed by atoms with E-state index in [1.54, 1.807) is 17.5 Å². The zero-order valence-corrected chi connectivity index (χ0v) is 11.1. The third kappa shape index (κ3) is 3.94. The third-order valence-corrected chi connectivity index (χ3v) is 3.25. The van der Waals surface area contributed by atoms with Crippen molar-refractivity contribution in [3.63, 3.8) is 0 Å². The molecule has 1 aromatic heterocycles. The topological polar surface area (TPSA) is 63.7 Å². The van der Waals surface area contributed by atoms with Crippen molar-refractivity contribution in [3.8, 4) is 0 Å². The second kappa shape index (κ2) is 6.67. The van der Waals surface area contributed by atoms with Crippen molar-refractivity contribution in [2.45, 2.75) is 12.6 Å². The first-order chi connectivity index (χ1) is 8.75. The predicted octanol–water partition coefficient (Wildman–Crippen LogP) is 0.700. The average molecular weight is 271 g/mol. The van der Waals surface area contributed by atoms with Gasteiger partial charge < -0.3 is 19.7 Å². The summed E-state index contributed by atoms with van der Waals surface area (Å²) in [5, 5.41) is 4.72. The lowest BCUT2D eigenvalue weighted by Crippen LogP contribution is -2.44. The molecular formula is C11H17N3O3S. The maximum atomic E-state index is 11.8. The average Bonchev–Trinajstić information content (AvgIpc) is 2.90. The molecule has 7 heteroatoms. The van der Waals surface area contributed by atoms with E-state index >= 15 is 0 Å². The molecular weight excluding hydrogens is 254 g/mol. The fraction of sp³-hybridized carbons (Fsp3) is 0.636. The second-order valence-corrected chi connectivity index (χ2v) is 4.81. The number of amides is 2.